The second kappa shape index (κ2) is 6.51. The van der Waals surface area contributed by atoms with E-state index in [2.05, 4.69) is 10.6 Å². The molecule has 0 atom stereocenters. The second-order valence-corrected chi connectivity index (χ2v) is 5.05. The van der Waals surface area contributed by atoms with E-state index in [1.165, 1.54) is 0 Å². The van der Waals surface area contributed by atoms with Gasteiger partial charge in [-0.2, -0.15) is 0 Å². The molecule has 0 saturated heterocycles. The lowest BCUT2D eigenvalue weighted by molar-refractivity contribution is -0.121. The van der Waals surface area contributed by atoms with Crippen molar-refractivity contribution in [2.24, 2.45) is 0 Å². The predicted molar refractivity (Wildman–Crippen MR) is 73.5 cm³/mol. The highest BCUT2D eigenvalue weighted by Crippen LogP contribution is 2.18. The Hall–Kier alpha value is -2.18. The summed E-state index contributed by atoms with van der Waals surface area (Å²) in [7, 11) is 0. The molecule has 1 aliphatic rings. The SMILES string of the molecule is Nc1cc(C(=O)NCCCC(=O)NC2CC2)c(F)cc1F. The summed E-state index contributed by atoms with van der Waals surface area (Å²) in [5.41, 5.74) is 4.70. The average Bonchev–Trinajstić information content (AvgIpc) is 3.22. The van der Waals surface area contributed by atoms with E-state index in [0.29, 0.717) is 24.9 Å². The van der Waals surface area contributed by atoms with Crippen molar-refractivity contribution in [2.75, 3.05) is 12.3 Å². The van der Waals surface area contributed by atoms with E-state index in [9.17, 15) is 18.4 Å². The van der Waals surface area contributed by atoms with Gasteiger partial charge < -0.3 is 16.4 Å². The van der Waals surface area contributed by atoms with Gasteiger partial charge in [-0.05, 0) is 25.3 Å². The molecule has 1 fully saturated rings. The Morgan fingerprint density at radius 1 is 1.24 bits per heavy atom. The van der Waals surface area contributed by atoms with E-state index in [0.717, 1.165) is 18.9 Å². The van der Waals surface area contributed by atoms with Gasteiger partial charge in [0, 0.05) is 25.1 Å². The lowest BCUT2D eigenvalue weighted by Crippen LogP contribution is -2.29. The fourth-order valence-corrected chi connectivity index (χ4v) is 1.81. The van der Waals surface area contributed by atoms with Gasteiger partial charge in [-0.15, -0.1) is 0 Å². The van der Waals surface area contributed by atoms with E-state index >= 15 is 0 Å². The van der Waals surface area contributed by atoms with Gasteiger partial charge in [-0.1, -0.05) is 0 Å². The van der Waals surface area contributed by atoms with Crippen molar-refractivity contribution in [3.8, 4) is 0 Å². The van der Waals surface area contributed by atoms with Crippen molar-refractivity contribution < 1.29 is 18.4 Å². The number of carbonyl (C=O) groups excluding carboxylic acids is 2. The largest absolute Gasteiger partial charge is 0.396 e. The van der Waals surface area contributed by atoms with Crippen LogP contribution in [0.15, 0.2) is 12.1 Å². The number of hydrogen-bond acceptors (Lipinski definition) is 3. The maximum absolute atomic E-state index is 13.4. The van der Waals surface area contributed by atoms with E-state index in [4.69, 9.17) is 5.73 Å². The molecule has 1 aromatic rings. The summed E-state index contributed by atoms with van der Waals surface area (Å²) < 4.78 is 26.4. The average molecular weight is 297 g/mol. The first-order valence-corrected chi connectivity index (χ1v) is 6.79. The Balaban J connectivity index is 1.76. The Kier molecular flexibility index (Phi) is 4.72. The predicted octanol–water partition coefficient (Wildman–Crippen LogP) is 1.34. The molecule has 1 aromatic carbocycles. The first kappa shape index (κ1) is 15.2. The van der Waals surface area contributed by atoms with Crippen molar-refractivity contribution in [3.05, 3.63) is 29.3 Å². The Morgan fingerprint density at radius 2 is 1.95 bits per heavy atom. The van der Waals surface area contributed by atoms with E-state index < -0.39 is 17.5 Å². The Bertz CT molecular complexity index is 559. The number of anilines is 1. The summed E-state index contributed by atoms with van der Waals surface area (Å²) in [6.07, 6.45) is 2.79. The Morgan fingerprint density at radius 3 is 2.62 bits per heavy atom. The minimum absolute atomic E-state index is 0.0519. The summed E-state index contributed by atoms with van der Waals surface area (Å²) in [5, 5.41) is 5.30. The number of nitrogen functional groups attached to an aromatic ring is 1. The van der Waals surface area contributed by atoms with Crippen LogP contribution in [0.4, 0.5) is 14.5 Å². The third-order valence-electron chi connectivity index (χ3n) is 3.14. The van der Waals surface area contributed by atoms with Gasteiger partial charge in [-0.3, -0.25) is 9.59 Å². The number of benzene rings is 1. The summed E-state index contributed by atoms with van der Waals surface area (Å²) in [4.78, 5) is 23.1. The summed E-state index contributed by atoms with van der Waals surface area (Å²) >= 11 is 0. The molecule has 0 heterocycles. The number of carbonyl (C=O) groups is 2. The van der Waals surface area contributed by atoms with Crippen LogP contribution in [0.5, 0.6) is 0 Å². The van der Waals surface area contributed by atoms with Crippen molar-refractivity contribution in [3.63, 3.8) is 0 Å². The maximum Gasteiger partial charge on any atom is 0.254 e. The minimum atomic E-state index is -0.967. The van der Waals surface area contributed by atoms with Gasteiger partial charge in [0.2, 0.25) is 5.91 Å². The van der Waals surface area contributed by atoms with Crippen molar-refractivity contribution in [2.45, 2.75) is 31.7 Å². The first-order chi connectivity index (χ1) is 9.97. The van der Waals surface area contributed by atoms with Gasteiger partial charge in [-0.25, -0.2) is 8.78 Å². The van der Waals surface area contributed by atoms with Crippen molar-refractivity contribution >= 4 is 17.5 Å². The molecule has 1 aliphatic carbocycles. The topological polar surface area (TPSA) is 84.2 Å². The van der Waals surface area contributed by atoms with Gasteiger partial charge in [0.15, 0.2) is 0 Å². The van der Waals surface area contributed by atoms with Crippen molar-refractivity contribution in [1.82, 2.24) is 10.6 Å². The highest BCUT2D eigenvalue weighted by molar-refractivity contribution is 5.95. The third kappa shape index (κ3) is 4.40. The van der Waals surface area contributed by atoms with Crippen LogP contribution in [-0.2, 0) is 4.79 Å². The molecule has 4 N–H and O–H groups in total. The number of hydrogen-bond donors (Lipinski definition) is 3. The fraction of sp³-hybridized carbons (Fsp3) is 0.429. The lowest BCUT2D eigenvalue weighted by atomic mass is 10.1. The zero-order chi connectivity index (χ0) is 15.4. The van der Waals surface area contributed by atoms with Crippen LogP contribution in [0, 0.1) is 11.6 Å². The normalized spacial score (nSPS) is 13.8. The molecule has 2 rings (SSSR count). The standard InChI is InChI=1S/C14H17F2N3O2/c15-10-7-11(16)12(17)6-9(10)14(21)18-5-1-2-13(20)19-8-3-4-8/h6-8H,1-5,17H2,(H,18,21)(H,19,20). The number of nitrogens with two attached hydrogens (primary N) is 1. The molecule has 21 heavy (non-hydrogen) atoms. The van der Waals surface area contributed by atoms with Gasteiger partial charge in [0.05, 0.1) is 11.3 Å². The number of nitrogens with one attached hydrogen (secondary N) is 2. The zero-order valence-electron chi connectivity index (χ0n) is 11.4. The molecule has 0 radical (unpaired) electrons. The minimum Gasteiger partial charge on any atom is -0.396 e. The van der Waals surface area contributed by atoms with Crippen LogP contribution in [0.25, 0.3) is 0 Å². The van der Waals surface area contributed by atoms with Gasteiger partial charge >= 0.3 is 0 Å². The van der Waals surface area contributed by atoms with Crippen LogP contribution < -0.4 is 16.4 Å². The molecule has 0 aromatic heterocycles. The molecule has 0 aliphatic heterocycles. The van der Waals surface area contributed by atoms with E-state index in [-0.39, 0.29) is 23.7 Å². The fourth-order valence-electron chi connectivity index (χ4n) is 1.81. The highest BCUT2D eigenvalue weighted by Gasteiger charge is 2.22. The van der Waals surface area contributed by atoms with Crippen LogP contribution in [0.1, 0.15) is 36.0 Å². The molecule has 0 spiro atoms. The number of halogens is 2. The smallest absolute Gasteiger partial charge is 0.254 e. The van der Waals surface area contributed by atoms with E-state index in [1.54, 1.807) is 0 Å². The maximum atomic E-state index is 13.4. The quantitative estimate of drug-likeness (QED) is 0.547. The molecule has 7 heteroatoms. The van der Waals surface area contributed by atoms with E-state index in [1.807, 2.05) is 0 Å². The first-order valence-electron chi connectivity index (χ1n) is 6.79. The lowest BCUT2D eigenvalue weighted by Gasteiger charge is -2.07. The van der Waals surface area contributed by atoms with Crippen LogP contribution >= 0.6 is 0 Å². The molecule has 1 saturated carbocycles. The van der Waals surface area contributed by atoms with Gasteiger partial charge in [0.1, 0.15) is 11.6 Å². The molecule has 2 amide bonds. The van der Waals surface area contributed by atoms with Crippen LogP contribution in [0.2, 0.25) is 0 Å². The molecule has 114 valence electrons. The third-order valence-corrected chi connectivity index (χ3v) is 3.14. The zero-order valence-corrected chi connectivity index (χ0v) is 11.4. The molecular formula is C14H17F2N3O2. The highest BCUT2D eigenvalue weighted by atomic mass is 19.1. The summed E-state index contributed by atoms with van der Waals surface area (Å²) in [6.45, 7) is 0.230. The number of rotatable bonds is 6. The van der Waals surface area contributed by atoms with Crippen LogP contribution in [-0.4, -0.2) is 24.4 Å². The second-order valence-electron chi connectivity index (χ2n) is 5.05. The number of amides is 2. The van der Waals surface area contributed by atoms with Gasteiger partial charge in [0.25, 0.3) is 5.91 Å². The monoisotopic (exact) mass is 297 g/mol. The molecular weight excluding hydrogens is 280 g/mol. The van der Waals surface area contributed by atoms with Crippen LogP contribution in [0.3, 0.4) is 0 Å². The molecule has 5 nitrogen and oxygen atoms in total. The molecule has 0 bridgehead atoms. The summed E-state index contributed by atoms with van der Waals surface area (Å²) in [5.74, 6) is -2.60. The summed E-state index contributed by atoms with van der Waals surface area (Å²) in [6, 6.07) is 1.84. The Labute approximate surface area is 120 Å². The van der Waals surface area contributed by atoms with Crippen molar-refractivity contribution in [1.29, 1.82) is 0 Å². The molecule has 0 unspecified atom stereocenters.